The van der Waals surface area contributed by atoms with Crippen LogP contribution < -0.4 is 0 Å². The molecule has 0 aromatic rings. The molecule has 5 heteroatoms. The van der Waals surface area contributed by atoms with Gasteiger partial charge in [-0.3, -0.25) is 4.79 Å². The Morgan fingerprint density at radius 2 is 2.04 bits per heavy atom. The summed E-state index contributed by atoms with van der Waals surface area (Å²) in [4.78, 5) is 12.4. The Kier molecular flexibility index (Phi) is 2.49. The van der Waals surface area contributed by atoms with Gasteiger partial charge in [-0.1, -0.05) is 13.0 Å². The molecule has 3 saturated heterocycles. The van der Waals surface area contributed by atoms with Crippen LogP contribution in [0.25, 0.3) is 0 Å². The molecule has 3 heterocycles. The minimum Gasteiger partial charge on any atom is -0.370 e. The summed E-state index contributed by atoms with van der Waals surface area (Å²) in [6, 6.07) is 0. The van der Waals surface area contributed by atoms with Crippen molar-refractivity contribution in [2.24, 2.45) is 11.3 Å². The van der Waals surface area contributed by atoms with Gasteiger partial charge in [-0.2, -0.15) is 0 Å². The second-order valence-corrected chi connectivity index (χ2v) is 8.79. The smallest absolute Gasteiger partial charge is 0.171 e. The number of hydrogen-bond donors (Lipinski definition) is 0. The third-order valence-corrected chi connectivity index (χ3v) is 7.81. The van der Waals surface area contributed by atoms with Crippen LogP contribution >= 0.6 is 0 Å². The first-order valence-corrected chi connectivity index (χ1v) is 9.36. The van der Waals surface area contributed by atoms with Gasteiger partial charge in [0.05, 0.1) is 25.9 Å². The van der Waals surface area contributed by atoms with E-state index < -0.39 is 5.79 Å². The Morgan fingerprint density at radius 1 is 1.21 bits per heavy atom. The van der Waals surface area contributed by atoms with Crippen molar-refractivity contribution in [1.29, 1.82) is 0 Å². The zero-order valence-corrected chi connectivity index (χ0v) is 14.1. The highest BCUT2D eigenvalue weighted by atomic mass is 16.7. The first-order valence-electron chi connectivity index (χ1n) is 9.36. The third-order valence-electron chi connectivity index (χ3n) is 7.81. The van der Waals surface area contributed by atoms with Crippen LogP contribution in [-0.2, 0) is 23.7 Å². The Hall–Kier alpha value is -0.750. The topological polar surface area (TPSA) is 57.3 Å². The number of ether oxygens (including phenoxy) is 4. The average Bonchev–Trinajstić information content (AvgIpc) is 2.88. The summed E-state index contributed by atoms with van der Waals surface area (Å²) < 4.78 is 24.7. The molecule has 5 atom stereocenters. The van der Waals surface area contributed by atoms with Crippen molar-refractivity contribution < 1.29 is 23.7 Å². The van der Waals surface area contributed by atoms with Gasteiger partial charge in [0, 0.05) is 30.6 Å². The second kappa shape index (κ2) is 4.14. The fourth-order valence-corrected chi connectivity index (χ4v) is 6.39. The molecule has 5 fully saturated rings. The Morgan fingerprint density at radius 3 is 2.88 bits per heavy atom. The molecule has 6 rings (SSSR count). The van der Waals surface area contributed by atoms with Crippen molar-refractivity contribution in [3.8, 4) is 0 Å². The number of carbonyl (C=O) groups is 1. The first kappa shape index (κ1) is 14.4. The van der Waals surface area contributed by atoms with Gasteiger partial charge in [-0.25, -0.2) is 0 Å². The zero-order valence-electron chi connectivity index (χ0n) is 14.1. The van der Waals surface area contributed by atoms with E-state index in [0.717, 1.165) is 32.1 Å². The van der Waals surface area contributed by atoms with E-state index in [1.807, 2.05) is 0 Å². The van der Waals surface area contributed by atoms with Crippen molar-refractivity contribution >= 4 is 5.78 Å². The van der Waals surface area contributed by atoms with E-state index in [1.165, 1.54) is 5.57 Å². The van der Waals surface area contributed by atoms with Gasteiger partial charge in [0.2, 0.25) is 0 Å². The molecule has 0 aromatic heterocycles. The van der Waals surface area contributed by atoms with Gasteiger partial charge >= 0.3 is 0 Å². The van der Waals surface area contributed by atoms with E-state index in [0.29, 0.717) is 37.9 Å². The maximum absolute atomic E-state index is 12.4. The van der Waals surface area contributed by atoms with E-state index in [2.05, 4.69) is 13.0 Å². The van der Waals surface area contributed by atoms with E-state index in [-0.39, 0.29) is 22.7 Å². The number of hydrogen-bond acceptors (Lipinski definition) is 5. The molecule has 0 radical (unpaired) electrons. The predicted molar refractivity (Wildman–Crippen MR) is 83.3 cm³/mol. The summed E-state index contributed by atoms with van der Waals surface area (Å²) in [5, 5.41) is 0. The van der Waals surface area contributed by atoms with Crippen LogP contribution in [0.5, 0.6) is 0 Å². The van der Waals surface area contributed by atoms with Gasteiger partial charge in [0.1, 0.15) is 17.0 Å². The highest BCUT2D eigenvalue weighted by molar-refractivity contribution is 5.87. The first-order chi connectivity index (χ1) is 11.5. The molecule has 1 unspecified atom stereocenters. The molecule has 5 nitrogen and oxygen atoms in total. The lowest BCUT2D eigenvalue weighted by Gasteiger charge is -2.48. The van der Waals surface area contributed by atoms with E-state index in [1.54, 1.807) is 0 Å². The average molecular weight is 332 g/mol. The van der Waals surface area contributed by atoms with Crippen molar-refractivity contribution in [2.75, 3.05) is 19.8 Å². The summed E-state index contributed by atoms with van der Waals surface area (Å²) in [7, 11) is 0. The third kappa shape index (κ3) is 1.46. The minimum absolute atomic E-state index is 0.0605. The van der Waals surface area contributed by atoms with E-state index in [4.69, 9.17) is 18.9 Å². The second-order valence-electron chi connectivity index (χ2n) is 8.79. The number of ketones is 1. The number of Topliss-reactive ketones (excluding diaryl/α,β-unsaturated/α-hetero) is 1. The summed E-state index contributed by atoms with van der Waals surface area (Å²) in [6.45, 7) is 4.09. The van der Waals surface area contributed by atoms with Crippen LogP contribution in [0.1, 0.15) is 45.4 Å². The SMILES string of the molecule is C[C@]12CC=C3[C@@H](OCC45CC6(CC[C@@]34O5)OCCO6)[C@@H]1CCC2=O. The van der Waals surface area contributed by atoms with Crippen LogP contribution in [0.2, 0.25) is 0 Å². The Balaban J connectivity index is 1.37. The largest absolute Gasteiger partial charge is 0.370 e. The maximum Gasteiger partial charge on any atom is 0.171 e. The van der Waals surface area contributed by atoms with E-state index >= 15 is 0 Å². The minimum atomic E-state index is -0.455. The molecule has 1 spiro atoms. The van der Waals surface area contributed by atoms with Crippen LogP contribution in [0.4, 0.5) is 0 Å². The lowest BCUT2D eigenvalue weighted by atomic mass is 9.61. The molecule has 6 aliphatic rings. The van der Waals surface area contributed by atoms with Gasteiger partial charge in [-0.05, 0) is 24.8 Å². The molecule has 0 amide bonds. The van der Waals surface area contributed by atoms with Crippen LogP contribution in [-0.4, -0.2) is 48.7 Å². The molecular formula is C19H24O5. The lowest BCUT2D eigenvalue weighted by molar-refractivity contribution is -0.192. The molecule has 3 aliphatic carbocycles. The molecule has 0 N–H and O–H groups in total. The normalized spacial score (nSPS) is 53.9. The highest BCUT2D eigenvalue weighted by Crippen LogP contribution is 2.69. The van der Waals surface area contributed by atoms with Gasteiger partial charge in [0.25, 0.3) is 0 Å². The fourth-order valence-electron chi connectivity index (χ4n) is 6.39. The lowest BCUT2D eigenvalue weighted by Crippen LogP contribution is -2.56. The summed E-state index contributed by atoms with van der Waals surface area (Å²) >= 11 is 0. The van der Waals surface area contributed by atoms with Crippen molar-refractivity contribution in [2.45, 2.75) is 68.5 Å². The van der Waals surface area contributed by atoms with Crippen LogP contribution in [0.3, 0.4) is 0 Å². The Labute approximate surface area is 141 Å². The van der Waals surface area contributed by atoms with Gasteiger partial charge in [0.15, 0.2) is 5.79 Å². The molecule has 130 valence electrons. The number of fused-ring (bicyclic) bond motifs is 3. The number of epoxide rings is 1. The number of carbonyl (C=O) groups excluding carboxylic acids is 1. The zero-order chi connectivity index (χ0) is 16.2. The molecule has 24 heavy (non-hydrogen) atoms. The predicted octanol–water partition coefficient (Wildman–Crippen LogP) is 2.14. The fraction of sp³-hybridized carbons (Fsp3) is 0.842. The van der Waals surface area contributed by atoms with Crippen molar-refractivity contribution in [3.05, 3.63) is 11.6 Å². The van der Waals surface area contributed by atoms with Crippen molar-refractivity contribution in [1.82, 2.24) is 0 Å². The molecule has 2 saturated carbocycles. The number of allylic oxidation sites excluding steroid dienone is 1. The molecular weight excluding hydrogens is 308 g/mol. The summed E-state index contributed by atoms with van der Waals surface area (Å²) in [5.41, 5.74) is 0.643. The number of rotatable bonds is 0. The maximum atomic E-state index is 12.4. The standard InChI is InChI=1S/C19H24O5/c1-16-5-4-13-15(12(16)2-3-14(16)20)21-11-17-10-18(22-8-9-23-18)6-7-19(13,17)24-17/h4,12,15H,2-3,5-11H2,1H3/t12-,15-,16-,17?,19+/m0/s1. The van der Waals surface area contributed by atoms with Crippen molar-refractivity contribution in [3.63, 3.8) is 0 Å². The molecule has 0 bridgehead atoms. The van der Waals surface area contributed by atoms with Crippen LogP contribution in [0.15, 0.2) is 11.6 Å². The summed E-state index contributed by atoms with van der Waals surface area (Å²) in [5.74, 6) is 0.271. The summed E-state index contributed by atoms with van der Waals surface area (Å²) in [6.07, 6.45) is 7.43. The molecule has 0 aromatic carbocycles. The molecule has 3 aliphatic heterocycles. The quantitative estimate of drug-likeness (QED) is 0.502. The van der Waals surface area contributed by atoms with Gasteiger partial charge < -0.3 is 18.9 Å². The van der Waals surface area contributed by atoms with Gasteiger partial charge in [-0.15, -0.1) is 0 Å². The highest BCUT2D eigenvalue weighted by Gasteiger charge is 2.80. The van der Waals surface area contributed by atoms with E-state index in [9.17, 15) is 4.79 Å². The monoisotopic (exact) mass is 332 g/mol. The van der Waals surface area contributed by atoms with Crippen LogP contribution in [0, 0.1) is 11.3 Å². The Bertz CT molecular complexity index is 665.